The maximum absolute atomic E-state index is 12.4. The Bertz CT molecular complexity index is 1460. The molecule has 33 heavy (non-hydrogen) atoms. The maximum atomic E-state index is 12.4. The van der Waals surface area contributed by atoms with Gasteiger partial charge in [0.25, 0.3) is 5.91 Å². The van der Waals surface area contributed by atoms with Gasteiger partial charge in [-0.3, -0.25) is 4.79 Å². The topological polar surface area (TPSA) is 90.6 Å². The van der Waals surface area contributed by atoms with E-state index in [-0.39, 0.29) is 12.5 Å². The van der Waals surface area contributed by atoms with Gasteiger partial charge in [0, 0.05) is 22.0 Å². The van der Waals surface area contributed by atoms with Gasteiger partial charge in [0.2, 0.25) is 0 Å². The van der Waals surface area contributed by atoms with E-state index in [0.717, 1.165) is 27.8 Å². The zero-order valence-corrected chi connectivity index (χ0v) is 18.1. The first-order valence-electron chi connectivity index (χ1n) is 10.4. The van der Waals surface area contributed by atoms with Crippen LogP contribution in [0, 0.1) is 6.92 Å². The Balaban J connectivity index is 1.36. The molecule has 0 saturated heterocycles. The van der Waals surface area contributed by atoms with E-state index in [1.54, 1.807) is 35.9 Å². The van der Waals surface area contributed by atoms with Crippen LogP contribution in [0.15, 0.2) is 72.8 Å². The molecular weight excluding hydrogens is 418 g/mol. The molecule has 0 aliphatic heterocycles. The zero-order chi connectivity index (χ0) is 22.8. The molecule has 0 spiro atoms. The monoisotopic (exact) mass is 439 g/mol. The number of ether oxygens (including phenoxy) is 2. The van der Waals surface area contributed by atoms with Crippen molar-refractivity contribution in [1.29, 1.82) is 0 Å². The van der Waals surface area contributed by atoms with E-state index >= 15 is 0 Å². The SMILES string of the molecule is COc1ccc(OCC(=O)Nc2cccc(-c3nnc4c5ccccc5c(C)nn34)c2)cc1. The number of carbonyl (C=O) groups is 1. The normalized spacial score (nSPS) is 11.0. The minimum atomic E-state index is -0.269. The van der Waals surface area contributed by atoms with E-state index in [2.05, 4.69) is 20.6 Å². The lowest BCUT2D eigenvalue weighted by Crippen LogP contribution is -2.20. The molecule has 0 unspecified atom stereocenters. The molecule has 1 amide bonds. The lowest BCUT2D eigenvalue weighted by Gasteiger charge is -2.09. The molecular formula is C25H21N5O3. The second kappa shape index (κ2) is 8.58. The van der Waals surface area contributed by atoms with Crippen LogP contribution in [-0.4, -0.2) is 39.4 Å². The second-order valence-electron chi connectivity index (χ2n) is 7.48. The third-order valence-corrected chi connectivity index (χ3v) is 5.28. The summed E-state index contributed by atoms with van der Waals surface area (Å²) in [6, 6.07) is 22.5. The van der Waals surface area contributed by atoms with Crippen molar-refractivity contribution in [1.82, 2.24) is 19.8 Å². The van der Waals surface area contributed by atoms with Gasteiger partial charge >= 0.3 is 0 Å². The second-order valence-corrected chi connectivity index (χ2v) is 7.48. The van der Waals surface area contributed by atoms with Crippen molar-refractivity contribution in [3.05, 3.63) is 78.5 Å². The van der Waals surface area contributed by atoms with Crippen LogP contribution >= 0.6 is 0 Å². The molecule has 0 aliphatic rings. The van der Waals surface area contributed by atoms with E-state index in [1.165, 1.54) is 0 Å². The number of fused-ring (bicyclic) bond motifs is 3. The number of aromatic nitrogens is 4. The highest BCUT2D eigenvalue weighted by atomic mass is 16.5. The van der Waals surface area contributed by atoms with Crippen molar-refractivity contribution in [3.63, 3.8) is 0 Å². The summed E-state index contributed by atoms with van der Waals surface area (Å²) in [5.41, 5.74) is 3.00. The molecule has 8 nitrogen and oxygen atoms in total. The lowest BCUT2D eigenvalue weighted by molar-refractivity contribution is -0.118. The van der Waals surface area contributed by atoms with Crippen LogP contribution in [0.5, 0.6) is 11.5 Å². The van der Waals surface area contributed by atoms with Gasteiger partial charge in [0.1, 0.15) is 11.5 Å². The van der Waals surface area contributed by atoms with E-state index in [1.807, 2.05) is 55.5 Å². The number of methoxy groups -OCH3 is 1. The number of nitrogens with one attached hydrogen (secondary N) is 1. The molecule has 0 bridgehead atoms. The molecule has 3 aromatic carbocycles. The summed E-state index contributed by atoms with van der Waals surface area (Å²) in [7, 11) is 1.60. The highest BCUT2D eigenvalue weighted by Gasteiger charge is 2.14. The first kappa shape index (κ1) is 20.4. The molecule has 2 aromatic heterocycles. The maximum Gasteiger partial charge on any atom is 0.262 e. The molecule has 0 saturated carbocycles. The van der Waals surface area contributed by atoms with Crippen molar-refractivity contribution >= 4 is 28.0 Å². The number of rotatable bonds is 6. The van der Waals surface area contributed by atoms with Crippen molar-refractivity contribution < 1.29 is 14.3 Å². The molecule has 0 fully saturated rings. The Labute approximate surface area is 189 Å². The number of benzene rings is 3. The largest absolute Gasteiger partial charge is 0.497 e. The minimum absolute atomic E-state index is 0.114. The van der Waals surface area contributed by atoms with Gasteiger partial charge in [-0.05, 0) is 43.3 Å². The molecule has 2 heterocycles. The van der Waals surface area contributed by atoms with Gasteiger partial charge < -0.3 is 14.8 Å². The summed E-state index contributed by atoms with van der Waals surface area (Å²) in [6.45, 7) is 1.85. The van der Waals surface area contributed by atoms with Gasteiger partial charge in [0.15, 0.2) is 18.1 Å². The Hall–Kier alpha value is -4.46. The summed E-state index contributed by atoms with van der Waals surface area (Å²) in [5, 5.41) is 18.3. The number of carbonyl (C=O) groups excluding carboxylic acids is 1. The van der Waals surface area contributed by atoms with Gasteiger partial charge in [-0.15, -0.1) is 10.2 Å². The summed E-state index contributed by atoms with van der Waals surface area (Å²) in [4.78, 5) is 12.4. The van der Waals surface area contributed by atoms with Crippen LogP contribution in [0.2, 0.25) is 0 Å². The van der Waals surface area contributed by atoms with Crippen LogP contribution in [0.25, 0.3) is 27.8 Å². The molecule has 0 aliphatic carbocycles. The molecule has 1 N–H and O–H groups in total. The molecule has 5 rings (SSSR count). The van der Waals surface area contributed by atoms with Gasteiger partial charge in [-0.2, -0.15) is 9.61 Å². The molecule has 8 heteroatoms. The first-order valence-corrected chi connectivity index (χ1v) is 10.4. The highest BCUT2D eigenvalue weighted by molar-refractivity contribution is 5.95. The Morgan fingerprint density at radius 1 is 0.939 bits per heavy atom. The molecule has 5 aromatic rings. The number of anilines is 1. The van der Waals surface area contributed by atoms with Crippen LogP contribution in [0.4, 0.5) is 5.69 Å². The Kier molecular flexibility index (Phi) is 5.32. The fraction of sp³-hybridized carbons (Fsp3) is 0.120. The minimum Gasteiger partial charge on any atom is -0.497 e. The summed E-state index contributed by atoms with van der Waals surface area (Å²) < 4.78 is 12.4. The predicted octanol–water partition coefficient (Wildman–Crippen LogP) is 4.28. The number of hydrogen-bond acceptors (Lipinski definition) is 6. The smallest absolute Gasteiger partial charge is 0.262 e. The van der Waals surface area contributed by atoms with Crippen LogP contribution in [0.1, 0.15) is 5.69 Å². The highest BCUT2D eigenvalue weighted by Crippen LogP contribution is 2.26. The summed E-state index contributed by atoms with van der Waals surface area (Å²) in [5.74, 6) is 1.64. The first-order chi connectivity index (χ1) is 16.1. The van der Waals surface area contributed by atoms with Crippen molar-refractivity contribution in [2.45, 2.75) is 6.92 Å². The lowest BCUT2D eigenvalue weighted by atomic mass is 10.1. The fourth-order valence-electron chi connectivity index (χ4n) is 3.67. The quantitative estimate of drug-likeness (QED) is 0.425. The number of nitrogens with zero attached hydrogens (tertiary/aromatic N) is 4. The molecule has 0 atom stereocenters. The number of aryl methyl sites for hydroxylation is 1. The summed E-state index contributed by atoms with van der Waals surface area (Å²) in [6.07, 6.45) is 0. The van der Waals surface area contributed by atoms with Gasteiger partial charge in [0.05, 0.1) is 12.8 Å². The van der Waals surface area contributed by atoms with Crippen LogP contribution in [0.3, 0.4) is 0 Å². The van der Waals surface area contributed by atoms with E-state index in [0.29, 0.717) is 22.9 Å². The standard InChI is InChI=1S/C25H21N5O3/c1-16-21-8-3-4-9-22(21)25-28-27-24(30(25)29-16)17-6-5-7-18(14-17)26-23(31)15-33-20-12-10-19(32-2)11-13-20/h3-14H,15H2,1-2H3,(H,26,31). The number of amides is 1. The average Bonchev–Trinajstić information content (AvgIpc) is 3.27. The predicted molar refractivity (Wildman–Crippen MR) is 126 cm³/mol. The summed E-state index contributed by atoms with van der Waals surface area (Å²) >= 11 is 0. The Morgan fingerprint density at radius 2 is 1.70 bits per heavy atom. The Morgan fingerprint density at radius 3 is 2.48 bits per heavy atom. The fourth-order valence-corrected chi connectivity index (χ4v) is 3.67. The molecule has 164 valence electrons. The third kappa shape index (κ3) is 4.06. The van der Waals surface area contributed by atoms with Crippen molar-refractivity contribution in [2.24, 2.45) is 0 Å². The molecule has 0 radical (unpaired) electrons. The van der Waals surface area contributed by atoms with Crippen LogP contribution in [-0.2, 0) is 4.79 Å². The van der Waals surface area contributed by atoms with E-state index < -0.39 is 0 Å². The average molecular weight is 439 g/mol. The zero-order valence-electron chi connectivity index (χ0n) is 18.1. The van der Waals surface area contributed by atoms with Crippen molar-refractivity contribution in [2.75, 3.05) is 19.0 Å². The third-order valence-electron chi connectivity index (χ3n) is 5.28. The number of hydrogen-bond donors (Lipinski definition) is 1. The van der Waals surface area contributed by atoms with Gasteiger partial charge in [-0.1, -0.05) is 36.4 Å². The van der Waals surface area contributed by atoms with E-state index in [4.69, 9.17) is 9.47 Å². The van der Waals surface area contributed by atoms with Crippen LogP contribution < -0.4 is 14.8 Å². The van der Waals surface area contributed by atoms with Gasteiger partial charge in [-0.25, -0.2) is 0 Å². The van der Waals surface area contributed by atoms with E-state index in [9.17, 15) is 4.79 Å². The van der Waals surface area contributed by atoms with Crippen molar-refractivity contribution in [3.8, 4) is 22.9 Å².